The highest BCUT2D eigenvalue weighted by Gasteiger charge is 2.22. The number of para-hydroxylation sites is 2. The molecule has 0 spiro atoms. The molecule has 0 aromatic heterocycles. The zero-order valence-electron chi connectivity index (χ0n) is 12.4. The Labute approximate surface area is 130 Å². The summed E-state index contributed by atoms with van der Waals surface area (Å²) in [6.07, 6.45) is 1.17. The van der Waals surface area contributed by atoms with Crippen molar-refractivity contribution in [2.24, 2.45) is 0 Å². The Balaban J connectivity index is 1.35. The standard InChI is InChI=1S/C18H19NO3/c1-2-6-16-13(4-1)10-15(22-16)12-19-11-14-5-3-7-17-18(14)21-9-8-20-17/h1-7,15,19H,8-12H2/t15-/m1/s1. The Morgan fingerprint density at radius 1 is 0.955 bits per heavy atom. The van der Waals surface area contributed by atoms with E-state index >= 15 is 0 Å². The van der Waals surface area contributed by atoms with Crippen molar-refractivity contribution < 1.29 is 14.2 Å². The van der Waals surface area contributed by atoms with Gasteiger partial charge in [0.15, 0.2) is 11.5 Å². The van der Waals surface area contributed by atoms with E-state index in [-0.39, 0.29) is 6.10 Å². The van der Waals surface area contributed by atoms with Crippen LogP contribution < -0.4 is 19.5 Å². The fraction of sp³-hybridized carbons (Fsp3) is 0.333. The van der Waals surface area contributed by atoms with Crippen molar-refractivity contribution in [1.82, 2.24) is 5.32 Å². The summed E-state index contributed by atoms with van der Waals surface area (Å²) in [6.45, 7) is 2.81. The summed E-state index contributed by atoms with van der Waals surface area (Å²) < 4.78 is 17.3. The molecule has 2 aromatic carbocycles. The molecule has 4 nitrogen and oxygen atoms in total. The largest absolute Gasteiger partial charge is 0.488 e. The van der Waals surface area contributed by atoms with E-state index in [0.29, 0.717) is 13.2 Å². The van der Waals surface area contributed by atoms with Crippen molar-refractivity contribution in [2.45, 2.75) is 19.1 Å². The highest BCUT2D eigenvalue weighted by atomic mass is 16.6. The Morgan fingerprint density at radius 2 is 1.82 bits per heavy atom. The molecule has 0 radical (unpaired) electrons. The fourth-order valence-corrected chi connectivity index (χ4v) is 3.01. The Morgan fingerprint density at radius 3 is 2.77 bits per heavy atom. The smallest absolute Gasteiger partial charge is 0.165 e. The number of hydrogen-bond donors (Lipinski definition) is 1. The molecule has 0 amide bonds. The average molecular weight is 297 g/mol. The lowest BCUT2D eigenvalue weighted by atomic mass is 10.1. The number of rotatable bonds is 4. The Bertz CT molecular complexity index is 646. The van der Waals surface area contributed by atoms with Gasteiger partial charge >= 0.3 is 0 Å². The second-order valence-corrected chi connectivity index (χ2v) is 5.62. The molecule has 0 aliphatic carbocycles. The van der Waals surface area contributed by atoms with E-state index in [1.165, 1.54) is 5.56 Å². The van der Waals surface area contributed by atoms with Crippen molar-refractivity contribution in [3.8, 4) is 17.2 Å². The first-order chi connectivity index (χ1) is 10.9. The summed E-state index contributed by atoms with van der Waals surface area (Å²) in [5, 5.41) is 3.47. The van der Waals surface area contributed by atoms with E-state index in [1.807, 2.05) is 24.3 Å². The molecule has 4 heteroatoms. The summed E-state index contributed by atoms with van der Waals surface area (Å²) in [5.41, 5.74) is 2.43. The lowest BCUT2D eigenvalue weighted by Crippen LogP contribution is -2.30. The third-order valence-corrected chi connectivity index (χ3v) is 4.05. The topological polar surface area (TPSA) is 39.7 Å². The van der Waals surface area contributed by atoms with Gasteiger partial charge in [-0.1, -0.05) is 30.3 Å². The van der Waals surface area contributed by atoms with Crippen LogP contribution in [0.4, 0.5) is 0 Å². The molecule has 2 heterocycles. The van der Waals surface area contributed by atoms with Gasteiger partial charge in [0.25, 0.3) is 0 Å². The first-order valence-corrected chi connectivity index (χ1v) is 7.73. The molecule has 0 bridgehead atoms. The molecule has 0 unspecified atom stereocenters. The summed E-state index contributed by atoms with van der Waals surface area (Å²) in [4.78, 5) is 0. The summed E-state index contributed by atoms with van der Waals surface area (Å²) >= 11 is 0. The monoisotopic (exact) mass is 297 g/mol. The number of fused-ring (bicyclic) bond motifs is 2. The van der Waals surface area contributed by atoms with Gasteiger partial charge in [-0.3, -0.25) is 0 Å². The van der Waals surface area contributed by atoms with Crippen LogP contribution in [0.25, 0.3) is 0 Å². The van der Waals surface area contributed by atoms with E-state index in [0.717, 1.165) is 42.3 Å². The lowest BCUT2D eigenvalue weighted by molar-refractivity contribution is 0.169. The quantitative estimate of drug-likeness (QED) is 0.941. The SMILES string of the molecule is c1ccc2c(c1)C[C@H](CNCc1cccc3c1OCCO3)O2. The lowest BCUT2D eigenvalue weighted by Gasteiger charge is -2.21. The minimum absolute atomic E-state index is 0.203. The molecular formula is C18H19NO3. The number of hydrogen-bond acceptors (Lipinski definition) is 4. The van der Waals surface area contributed by atoms with Crippen molar-refractivity contribution in [3.05, 3.63) is 53.6 Å². The number of ether oxygens (including phenoxy) is 3. The van der Waals surface area contributed by atoms with Crippen molar-refractivity contribution in [3.63, 3.8) is 0 Å². The van der Waals surface area contributed by atoms with Crippen LogP contribution in [-0.2, 0) is 13.0 Å². The van der Waals surface area contributed by atoms with E-state index < -0.39 is 0 Å². The molecule has 22 heavy (non-hydrogen) atoms. The van der Waals surface area contributed by atoms with Gasteiger partial charge in [0.1, 0.15) is 25.1 Å². The van der Waals surface area contributed by atoms with Gasteiger partial charge in [0.05, 0.1) is 0 Å². The van der Waals surface area contributed by atoms with Crippen LogP contribution in [0.2, 0.25) is 0 Å². The van der Waals surface area contributed by atoms with Gasteiger partial charge in [-0.25, -0.2) is 0 Å². The zero-order valence-corrected chi connectivity index (χ0v) is 12.4. The predicted octanol–water partition coefficient (Wildman–Crippen LogP) is 2.55. The molecule has 2 aliphatic heterocycles. The van der Waals surface area contributed by atoms with Crippen LogP contribution in [-0.4, -0.2) is 25.9 Å². The van der Waals surface area contributed by atoms with E-state index in [1.54, 1.807) is 0 Å². The molecule has 114 valence electrons. The first kappa shape index (κ1) is 13.5. The molecule has 2 aromatic rings. The van der Waals surface area contributed by atoms with Crippen LogP contribution in [0.1, 0.15) is 11.1 Å². The van der Waals surface area contributed by atoms with E-state index in [2.05, 4.69) is 23.5 Å². The molecule has 0 fully saturated rings. The van der Waals surface area contributed by atoms with Gasteiger partial charge in [-0.05, 0) is 17.7 Å². The summed E-state index contributed by atoms with van der Waals surface area (Å²) in [7, 11) is 0. The van der Waals surface area contributed by atoms with Gasteiger partial charge in [0, 0.05) is 25.1 Å². The maximum Gasteiger partial charge on any atom is 0.165 e. The first-order valence-electron chi connectivity index (χ1n) is 7.73. The van der Waals surface area contributed by atoms with Crippen LogP contribution in [0, 0.1) is 0 Å². The Kier molecular flexibility index (Phi) is 3.60. The third-order valence-electron chi connectivity index (χ3n) is 4.05. The summed E-state index contributed by atoms with van der Waals surface area (Å²) in [6, 6.07) is 14.3. The van der Waals surface area contributed by atoms with Crippen molar-refractivity contribution in [2.75, 3.05) is 19.8 Å². The van der Waals surface area contributed by atoms with Gasteiger partial charge in [0.2, 0.25) is 0 Å². The molecular weight excluding hydrogens is 278 g/mol. The highest BCUT2D eigenvalue weighted by molar-refractivity contribution is 5.47. The van der Waals surface area contributed by atoms with Gasteiger partial charge in [-0.15, -0.1) is 0 Å². The number of benzene rings is 2. The van der Waals surface area contributed by atoms with E-state index in [4.69, 9.17) is 14.2 Å². The number of nitrogens with one attached hydrogen (secondary N) is 1. The van der Waals surface area contributed by atoms with Crippen molar-refractivity contribution in [1.29, 1.82) is 0 Å². The van der Waals surface area contributed by atoms with Gasteiger partial charge in [-0.2, -0.15) is 0 Å². The maximum atomic E-state index is 5.94. The van der Waals surface area contributed by atoms with Crippen LogP contribution in [0.3, 0.4) is 0 Å². The molecule has 1 atom stereocenters. The van der Waals surface area contributed by atoms with Crippen LogP contribution in [0.15, 0.2) is 42.5 Å². The molecule has 4 rings (SSSR count). The summed E-state index contributed by atoms with van der Waals surface area (Å²) in [5.74, 6) is 2.73. The molecule has 0 saturated heterocycles. The second kappa shape index (κ2) is 5.89. The Hall–Kier alpha value is -2.20. The fourth-order valence-electron chi connectivity index (χ4n) is 3.01. The minimum Gasteiger partial charge on any atom is -0.488 e. The average Bonchev–Trinajstić information content (AvgIpc) is 2.98. The molecule has 0 saturated carbocycles. The predicted molar refractivity (Wildman–Crippen MR) is 83.7 cm³/mol. The van der Waals surface area contributed by atoms with Crippen LogP contribution >= 0.6 is 0 Å². The third kappa shape index (κ3) is 2.62. The maximum absolute atomic E-state index is 5.94. The zero-order chi connectivity index (χ0) is 14.8. The van der Waals surface area contributed by atoms with Crippen molar-refractivity contribution >= 4 is 0 Å². The highest BCUT2D eigenvalue weighted by Crippen LogP contribution is 2.33. The molecule has 2 aliphatic rings. The van der Waals surface area contributed by atoms with Crippen LogP contribution in [0.5, 0.6) is 17.2 Å². The second-order valence-electron chi connectivity index (χ2n) is 5.62. The normalized spacial score (nSPS) is 18.6. The van der Waals surface area contributed by atoms with E-state index in [9.17, 15) is 0 Å². The minimum atomic E-state index is 0.203. The van der Waals surface area contributed by atoms with Gasteiger partial charge < -0.3 is 19.5 Å². The molecule has 1 N–H and O–H groups in total.